The first-order valence-electron chi connectivity index (χ1n) is 8.94. The van der Waals surface area contributed by atoms with Crippen LogP contribution in [-0.4, -0.2) is 50.9 Å². The summed E-state index contributed by atoms with van der Waals surface area (Å²) in [4.78, 5) is 14.1. The highest BCUT2D eigenvalue weighted by Crippen LogP contribution is 2.45. The predicted octanol–water partition coefficient (Wildman–Crippen LogP) is 2.69. The SMILES string of the molecule is COc1cc2c(cc1OC)C1(CCN(C(=O)NC(C)C)CC1)OCC2. The van der Waals surface area contributed by atoms with Crippen LogP contribution in [-0.2, 0) is 16.8 Å². The second-order valence-corrected chi connectivity index (χ2v) is 7.05. The summed E-state index contributed by atoms with van der Waals surface area (Å²) in [7, 11) is 3.31. The van der Waals surface area contributed by atoms with Crippen LogP contribution in [0.1, 0.15) is 37.8 Å². The number of carbonyl (C=O) groups is 1. The van der Waals surface area contributed by atoms with Crippen molar-refractivity contribution in [1.82, 2.24) is 10.2 Å². The van der Waals surface area contributed by atoms with Crippen molar-refractivity contribution in [2.24, 2.45) is 0 Å². The van der Waals surface area contributed by atoms with Crippen molar-refractivity contribution in [1.29, 1.82) is 0 Å². The minimum Gasteiger partial charge on any atom is -0.493 e. The average molecular weight is 348 g/mol. The Kier molecular flexibility index (Phi) is 5.08. The zero-order valence-electron chi connectivity index (χ0n) is 15.6. The van der Waals surface area contributed by atoms with Crippen molar-refractivity contribution < 1.29 is 19.0 Å². The number of amides is 2. The number of piperidine rings is 1. The van der Waals surface area contributed by atoms with Crippen molar-refractivity contribution in [3.05, 3.63) is 23.3 Å². The Balaban J connectivity index is 1.82. The monoisotopic (exact) mass is 348 g/mol. The van der Waals surface area contributed by atoms with E-state index in [9.17, 15) is 4.79 Å². The number of ether oxygens (including phenoxy) is 3. The third-order valence-corrected chi connectivity index (χ3v) is 5.12. The maximum atomic E-state index is 12.2. The van der Waals surface area contributed by atoms with Crippen LogP contribution in [0.2, 0.25) is 0 Å². The lowest BCUT2D eigenvalue weighted by atomic mass is 9.79. The minimum atomic E-state index is -0.332. The normalized spacial score (nSPS) is 18.8. The molecule has 25 heavy (non-hydrogen) atoms. The van der Waals surface area contributed by atoms with Gasteiger partial charge in [-0.25, -0.2) is 4.79 Å². The van der Waals surface area contributed by atoms with Crippen molar-refractivity contribution in [2.75, 3.05) is 33.9 Å². The number of benzene rings is 1. The highest BCUT2D eigenvalue weighted by molar-refractivity contribution is 5.74. The van der Waals surface area contributed by atoms with Gasteiger partial charge in [0.2, 0.25) is 0 Å². The third-order valence-electron chi connectivity index (χ3n) is 5.12. The lowest BCUT2D eigenvalue weighted by molar-refractivity contribution is -0.0927. The molecule has 1 fully saturated rings. The largest absolute Gasteiger partial charge is 0.493 e. The molecule has 1 saturated heterocycles. The summed E-state index contributed by atoms with van der Waals surface area (Å²) in [6, 6.07) is 4.27. The van der Waals surface area contributed by atoms with Gasteiger partial charge in [0.25, 0.3) is 0 Å². The van der Waals surface area contributed by atoms with E-state index in [1.807, 2.05) is 18.7 Å². The lowest BCUT2D eigenvalue weighted by Crippen LogP contribution is -2.51. The number of fused-ring (bicyclic) bond motifs is 2. The maximum absolute atomic E-state index is 12.2. The van der Waals surface area contributed by atoms with E-state index in [1.54, 1.807) is 14.2 Å². The predicted molar refractivity (Wildman–Crippen MR) is 95.4 cm³/mol. The second-order valence-electron chi connectivity index (χ2n) is 7.05. The van der Waals surface area contributed by atoms with E-state index >= 15 is 0 Å². The van der Waals surface area contributed by atoms with E-state index in [1.165, 1.54) is 11.1 Å². The van der Waals surface area contributed by atoms with Crippen molar-refractivity contribution >= 4 is 6.03 Å². The van der Waals surface area contributed by atoms with Crippen LogP contribution >= 0.6 is 0 Å². The summed E-state index contributed by atoms with van der Waals surface area (Å²) >= 11 is 0. The molecule has 2 heterocycles. The second kappa shape index (κ2) is 7.12. The summed E-state index contributed by atoms with van der Waals surface area (Å²) in [5.41, 5.74) is 2.10. The maximum Gasteiger partial charge on any atom is 0.317 e. The molecule has 2 amide bonds. The minimum absolute atomic E-state index is 0.00759. The van der Waals surface area contributed by atoms with Crippen molar-refractivity contribution in [2.45, 2.75) is 44.8 Å². The summed E-state index contributed by atoms with van der Waals surface area (Å²) in [6.45, 7) is 6.02. The fourth-order valence-electron chi connectivity index (χ4n) is 3.81. The first-order valence-corrected chi connectivity index (χ1v) is 8.94. The molecule has 6 nitrogen and oxygen atoms in total. The summed E-state index contributed by atoms with van der Waals surface area (Å²) in [5, 5.41) is 2.97. The van der Waals surface area contributed by atoms with Crippen LogP contribution in [0.5, 0.6) is 11.5 Å². The fraction of sp³-hybridized carbons (Fsp3) is 0.632. The first kappa shape index (κ1) is 17.9. The highest BCUT2D eigenvalue weighted by atomic mass is 16.5. The Hall–Kier alpha value is -1.95. The van der Waals surface area contributed by atoms with Crippen LogP contribution in [0.25, 0.3) is 0 Å². The van der Waals surface area contributed by atoms with Gasteiger partial charge < -0.3 is 24.4 Å². The molecule has 1 aromatic carbocycles. The average Bonchev–Trinajstić information content (AvgIpc) is 2.61. The van der Waals surface area contributed by atoms with E-state index in [0.29, 0.717) is 19.7 Å². The molecule has 6 heteroatoms. The van der Waals surface area contributed by atoms with Gasteiger partial charge >= 0.3 is 6.03 Å². The van der Waals surface area contributed by atoms with Gasteiger partial charge in [-0.2, -0.15) is 0 Å². The number of nitrogens with zero attached hydrogens (tertiary/aromatic N) is 1. The number of rotatable bonds is 3. The molecule has 0 atom stereocenters. The Morgan fingerprint density at radius 2 is 1.84 bits per heavy atom. The number of hydrogen-bond donors (Lipinski definition) is 1. The molecular weight excluding hydrogens is 320 g/mol. The summed E-state index contributed by atoms with van der Waals surface area (Å²) in [5.74, 6) is 1.48. The van der Waals surface area contributed by atoms with Crippen LogP contribution in [0.3, 0.4) is 0 Å². The van der Waals surface area contributed by atoms with E-state index in [4.69, 9.17) is 14.2 Å². The van der Waals surface area contributed by atoms with Gasteiger partial charge in [0.1, 0.15) is 0 Å². The number of hydrogen-bond acceptors (Lipinski definition) is 4. The molecule has 3 rings (SSSR count). The molecule has 0 saturated carbocycles. The van der Waals surface area contributed by atoms with Crippen LogP contribution < -0.4 is 14.8 Å². The number of methoxy groups -OCH3 is 2. The number of likely N-dealkylation sites (tertiary alicyclic amines) is 1. The summed E-state index contributed by atoms with van der Waals surface area (Å²) < 4.78 is 17.2. The Morgan fingerprint density at radius 3 is 2.44 bits per heavy atom. The molecule has 2 aliphatic rings. The highest BCUT2D eigenvalue weighted by Gasteiger charge is 2.42. The quantitative estimate of drug-likeness (QED) is 0.912. The van der Waals surface area contributed by atoms with E-state index < -0.39 is 0 Å². The lowest BCUT2D eigenvalue weighted by Gasteiger charge is -2.45. The zero-order chi connectivity index (χ0) is 18.0. The molecule has 1 aromatic rings. The Bertz CT molecular complexity index is 637. The Labute approximate surface area is 149 Å². The Morgan fingerprint density at radius 1 is 1.20 bits per heavy atom. The molecule has 138 valence electrons. The van der Waals surface area contributed by atoms with Gasteiger partial charge in [-0.3, -0.25) is 0 Å². The smallest absolute Gasteiger partial charge is 0.317 e. The molecule has 0 aromatic heterocycles. The van der Waals surface area contributed by atoms with Crippen molar-refractivity contribution in [3.63, 3.8) is 0 Å². The van der Waals surface area contributed by atoms with Gasteiger partial charge in [0.15, 0.2) is 11.5 Å². The van der Waals surface area contributed by atoms with Crippen LogP contribution in [0.15, 0.2) is 12.1 Å². The number of carbonyl (C=O) groups excluding carboxylic acids is 1. The van der Waals surface area contributed by atoms with Crippen molar-refractivity contribution in [3.8, 4) is 11.5 Å². The van der Waals surface area contributed by atoms with E-state index in [-0.39, 0.29) is 17.7 Å². The van der Waals surface area contributed by atoms with Gasteiger partial charge in [0, 0.05) is 19.1 Å². The third kappa shape index (κ3) is 3.40. The summed E-state index contributed by atoms with van der Waals surface area (Å²) in [6.07, 6.45) is 2.46. The zero-order valence-corrected chi connectivity index (χ0v) is 15.6. The molecule has 0 radical (unpaired) electrons. The molecular formula is C19H28N2O4. The van der Waals surface area contributed by atoms with Crippen LogP contribution in [0, 0.1) is 0 Å². The topological polar surface area (TPSA) is 60.0 Å². The first-order chi connectivity index (χ1) is 12.0. The van der Waals surface area contributed by atoms with E-state index in [0.717, 1.165) is 30.8 Å². The molecule has 0 aliphatic carbocycles. The van der Waals surface area contributed by atoms with E-state index in [2.05, 4.69) is 17.4 Å². The molecule has 1 spiro atoms. The standard InChI is InChI=1S/C19H28N2O4/c1-13(2)20-18(22)21-8-6-19(7-9-21)15-12-17(24-4)16(23-3)11-14(15)5-10-25-19/h11-13H,5-10H2,1-4H3,(H,20,22). The fourth-order valence-corrected chi connectivity index (χ4v) is 3.81. The number of nitrogens with one attached hydrogen (secondary N) is 1. The van der Waals surface area contributed by atoms with Gasteiger partial charge in [-0.05, 0) is 56.4 Å². The van der Waals surface area contributed by atoms with Gasteiger partial charge in [-0.15, -0.1) is 0 Å². The van der Waals surface area contributed by atoms with Gasteiger partial charge in [-0.1, -0.05) is 0 Å². The molecule has 0 unspecified atom stereocenters. The molecule has 2 aliphatic heterocycles. The molecule has 1 N–H and O–H groups in total. The van der Waals surface area contributed by atoms with Crippen LogP contribution in [0.4, 0.5) is 4.79 Å². The number of urea groups is 1. The molecule has 0 bridgehead atoms. The van der Waals surface area contributed by atoms with Gasteiger partial charge in [0.05, 0.1) is 26.4 Å².